The molecule has 0 aromatic carbocycles. The molecule has 0 heterocycles. The molecule has 1 unspecified atom stereocenters. The molecule has 0 aromatic heterocycles. The van der Waals surface area contributed by atoms with E-state index >= 15 is 0 Å². The van der Waals surface area contributed by atoms with Crippen molar-refractivity contribution < 1.29 is 0 Å². The van der Waals surface area contributed by atoms with Gasteiger partial charge in [-0.3, -0.25) is 4.99 Å². The van der Waals surface area contributed by atoms with Crippen LogP contribution in [0.25, 0.3) is 0 Å². The molecule has 0 saturated heterocycles. The Morgan fingerprint density at radius 1 is 1.36 bits per heavy atom. The van der Waals surface area contributed by atoms with Gasteiger partial charge in [0.25, 0.3) is 0 Å². The Balaban J connectivity index is 4.34. The lowest BCUT2D eigenvalue weighted by Gasteiger charge is -2.16. The molecule has 2 nitrogen and oxygen atoms in total. The smallest absolute Gasteiger partial charge is 0.0277 e. The second-order valence-corrected chi connectivity index (χ2v) is 3.41. The number of aliphatic imine (C=N–C) groups is 1. The van der Waals surface area contributed by atoms with Crippen LogP contribution in [0.15, 0.2) is 16.6 Å². The Hall–Kier alpha value is -0.630. The largest absolute Gasteiger partial charge is 0.316 e. The van der Waals surface area contributed by atoms with Gasteiger partial charge in [-0.05, 0) is 30.9 Å². The number of hydrogen-bond acceptors (Lipinski definition) is 2. The fourth-order valence-electron chi connectivity index (χ4n) is 1.53. The second-order valence-electron chi connectivity index (χ2n) is 3.41. The molecule has 0 amide bonds. The molecule has 0 fully saturated rings. The number of hydrogen-bond donors (Lipinski definition) is 1. The van der Waals surface area contributed by atoms with Crippen LogP contribution >= 0.6 is 0 Å². The highest BCUT2D eigenvalue weighted by Crippen LogP contribution is 2.13. The van der Waals surface area contributed by atoms with Crippen molar-refractivity contribution >= 4 is 6.21 Å². The van der Waals surface area contributed by atoms with Gasteiger partial charge < -0.3 is 5.32 Å². The van der Waals surface area contributed by atoms with Gasteiger partial charge in [0.1, 0.15) is 0 Å². The van der Waals surface area contributed by atoms with Gasteiger partial charge in [0, 0.05) is 19.8 Å². The molecule has 2 heteroatoms. The molecule has 1 N–H and O–H groups in total. The van der Waals surface area contributed by atoms with Gasteiger partial charge in [-0.1, -0.05) is 26.8 Å². The predicted octanol–water partition coefficient (Wildman–Crippen LogP) is 2.66. The van der Waals surface area contributed by atoms with Crippen molar-refractivity contribution in [3.8, 4) is 0 Å². The zero-order valence-electron chi connectivity index (χ0n) is 10.0. The average Bonchev–Trinajstić information content (AvgIpc) is 2.19. The molecule has 0 aliphatic carbocycles. The van der Waals surface area contributed by atoms with Crippen LogP contribution in [0.5, 0.6) is 0 Å². The van der Waals surface area contributed by atoms with Gasteiger partial charge in [0.2, 0.25) is 0 Å². The first-order chi connectivity index (χ1) is 6.79. The molecule has 0 aliphatic rings. The minimum atomic E-state index is 0.610. The van der Waals surface area contributed by atoms with Crippen molar-refractivity contribution in [3.63, 3.8) is 0 Å². The van der Waals surface area contributed by atoms with E-state index in [2.05, 4.69) is 37.2 Å². The maximum Gasteiger partial charge on any atom is 0.0277 e. The third kappa shape index (κ3) is 5.18. The standard InChI is InChI=1S/C12H24N2/c1-5-8-12(9-13-4)11(6-2)10-14-7-3/h8-9,11,14H,5-7,10H2,1-4H3/b12-8+,13-9?. The van der Waals surface area contributed by atoms with Crippen LogP contribution in [0.2, 0.25) is 0 Å². The van der Waals surface area contributed by atoms with Crippen molar-refractivity contribution in [2.24, 2.45) is 10.9 Å². The van der Waals surface area contributed by atoms with Crippen molar-refractivity contribution in [1.29, 1.82) is 0 Å². The number of allylic oxidation sites excluding steroid dienone is 1. The van der Waals surface area contributed by atoms with E-state index in [0.29, 0.717) is 5.92 Å². The quantitative estimate of drug-likeness (QED) is 0.622. The van der Waals surface area contributed by atoms with Crippen LogP contribution in [0.3, 0.4) is 0 Å². The zero-order valence-corrected chi connectivity index (χ0v) is 10.0. The Morgan fingerprint density at radius 2 is 2.07 bits per heavy atom. The van der Waals surface area contributed by atoms with E-state index in [-0.39, 0.29) is 0 Å². The highest BCUT2D eigenvalue weighted by molar-refractivity contribution is 5.79. The van der Waals surface area contributed by atoms with Gasteiger partial charge in [-0.25, -0.2) is 0 Å². The molecule has 0 aliphatic heterocycles. The van der Waals surface area contributed by atoms with Crippen LogP contribution in [0.1, 0.15) is 33.6 Å². The third-order valence-electron chi connectivity index (χ3n) is 2.32. The lowest BCUT2D eigenvalue weighted by atomic mass is 9.96. The van der Waals surface area contributed by atoms with Gasteiger partial charge in [0.15, 0.2) is 0 Å². The number of nitrogens with zero attached hydrogens (tertiary/aromatic N) is 1. The summed E-state index contributed by atoms with van der Waals surface area (Å²) in [7, 11) is 1.84. The van der Waals surface area contributed by atoms with E-state index in [1.165, 1.54) is 12.0 Å². The molecule has 14 heavy (non-hydrogen) atoms. The number of nitrogens with one attached hydrogen (secondary N) is 1. The number of rotatable bonds is 7. The molecule has 0 saturated carbocycles. The Kier molecular flexibility index (Phi) is 8.54. The normalized spacial score (nSPS) is 15.0. The van der Waals surface area contributed by atoms with E-state index in [1.54, 1.807) is 0 Å². The van der Waals surface area contributed by atoms with E-state index in [4.69, 9.17) is 0 Å². The van der Waals surface area contributed by atoms with Gasteiger partial charge in [0.05, 0.1) is 0 Å². The summed E-state index contributed by atoms with van der Waals surface area (Å²) in [6.07, 6.45) is 6.53. The zero-order chi connectivity index (χ0) is 10.8. The van der Waals surface area contributed by atoms with Crippen LogP contribution in [0, 0.1) is 5.92 Å². The fraction of sp³-hybridized carbons (Fsp3) is 0.750. The average molecular weight is 196 g/mol. The van der Waals surface area contributed by atoms with Crippen LogP contribution in [-0.4, -0.2) is 26.4 Å². The summed E-state index contributed by atoms with van der Waals surface area (Å²) in [4.78, 5) is 4.11. The summed E-state index contributed by atoms with van der Waals surface area (Å²) in [5, 5.41) is 3.39. The van der Waals surface area contributed by atoms with E-state index in [1.807, 2.05) is 13.3 Å². The van der Waals surface area contributed by atoms with Crippen LogP contribution < -0.4 is 5.32 Å². The molecule has 1 atom stereocenters. The van der Waals surface area contributed by atoms with Crippen LogP contribution in [0.4, 0.5) is 0 Å². The summed E-state index contributed by atoms with van der Waals surface area (Å²) in [6.45, 7) is 8.65. The summed E-state index contributed by atoms with van der Waals surface area (Å²) in [6, 6.07) is 0. The first kappa shape index (κ1) is 13.4. The van der Waals surface area contributed by atoms with Crippen molar-refractivity contribution in [1.82, 2.24) is 5.32 Å². The molecule has 0 radical (unpaired) electrons. The van der Waals surface area contributed by atoms with Crippen molar-refractivity contribution in [2.45, 2.75) is 33.6 Å². The van der Waals surface area contributed by atoms with Gasteiger partial charge >= 0.3 is 0 Å². The summed E-state index contributed by atoms with van der Waals surface area (Å²) in [5.74, 6) is 0.610. The molecule has 82 valence electrons. The molecular weight excluding hydrogens is 172 g/mol. The van der Waals surface area contributed by atoms with Crippen molar-refractivity contribution in [2.75, 3.05) is 20.1 Å². The Morgan fingerprint density at radius 3 is 2.50 bits per heavy atom. The van der Waals surface area contributed by atoms with Crippen LogP contribution in [-0.2, 0) is 0 Å². The maximum atomic E-state index is 4.11. The summed E-state index contributed by atoms with van der Waals surface area (Å²) in [5.41, 5.74) is 1.37. The van der Waals surface area contributed by atoms with E-state index in [9.17, 15) is 0 Å². The third-order valence-corrected chi connectivity index (χ3v) is 2.32. The Labute approximate surface area is 88.5 Å². The molecule has 0 aromatic rings. The Bertz CT molecular complexity index is 183. The lowest BCUT2D eigenvalue weighted by Crippen LogP contribution is -2.24. The minimum absolute atomic E-state index is 0.610. The van der Waals surface area contributed by atoms with E-state index < -0.39 is 0 Å². The van der Waals surface area contributed by atoms with Crippen molar-refractivity contribution in [3.05, 3.63) is 11.6 Å². The predicted molar refractivity (Wildman–Crippen MR) is 65.1 cm³/mol. The highest BCUT2D eigenvalue weighted by atomic mass is 14.8. The SMILES string of the molecule is CC/C=C(\C=NC)C(CC)CNCC. The second kappa shape index (κ2) is 8.95. The first-order valence-electron chi connectivity index (χ1n) is 5.62. The first-order valence-corrected chi connectivity index (χ1v) is 5.62. The van der Waals surface area contributed by atoms with E-state index in [0.717, 1.165) is 19.5 Å². The molecule has 0 spiro atoms. The maximum absolute atomic E-state index is 4.11. The fourth-order valence-corrected chi connectivity index (χ4v) is 1.53. The highest BCUT2D eigenvalue weighted by Gasteiger charge is 2.08. The molecular formula is C12H24N2. The van der Waals surface area contributed by atoms with Gasteiger partial charge in [-0.15, -0.1) is 0 Å². The topological polar surface area (TPSA) is 24.4 Å². The van der Waals surface area contributed by atoms with Gasteiger partial charge in [-0.2, -0.15) is 0 Å². The molecule has 0 bridgehead atoms. The summed E-state index contributed by atoms with van der Waals surface area (Å²) >= 11 is 0. The molecule has 0 rings (SSSR count). The lowest BCUT2D eigenvalue weighted by molar-refractivity contribution is 0.544. The minimum Gasteiger partial charge on any atom is -0.316 e. The monoisotopic (exact) mass is 196 g/mol. The summed E-state index contributed by atoms with van der Waals surface area (Å²) < 4.78 is 0.